The van der Waals surface area contributed by atoms with Gasteiger partial charge in [-0.2, -0.15) is 0 Å². The van der Waals surface area contributed by atoms with E-state index in [1.807, 2.05) is 23.2 Å². The Bertz CT molecular complexity index is 1600. The second-order valence-electron chi connectivity index (χ2n) is 11.8. The standard InChI is InChI=1S/C33H39N7O3/c41-31-6-2-14-40(31)15-3-12-35-32(42)24-9-10-30(28(20-24)36-21-25-22-43-33(37-25)23-7-8-23)39-18-16-38(17-19-39)29-5-1-4-27-26(29)11-13-34-27/h1,4-5,9-11,13,20,22-23,34,36H,2-3,6-8,12,14-19,21H2,(H,35,42). The number of anilines is 3. The molecule has 10 heteroatoms. The first-order valence-electron chi connectivity index (χ1n) is 15.6. The summed E-state index contributed by atoms with van der Waals surface area (Å²) in [5.74, 6) is 1.41. The van der Waals surface area contributed by atoms with Crippen LogP contribution in [-0.2, 0) is 11.3 Å². The molecule has 4 aromatic rings. The molecule has 43 heavy (non-hydrogen) atoms. The molecule has 0 spiro atoms. The summed E-state index contributed by atoms with van der Waals surface area (Å²) in [4.78, 5) is 39.7. The zero-order valence-corrected chi connectivity index (χ0v) is 24.5. The lowest BCUT2D eigenvalue weighted by atomic mass is 10.1. The highest BCUT2D eigenvalue weighted by Gasteiger charge is 2.28. The maximum atomic E-state index is 13.1. The summed E-state index contributed by atoms with van der Waals surface area (Å²) in [6.07, 6.45) is 8.35. The number of benzene rings is 2. The first kappa shape index (κ1) is 27.4. The van der Waals surface area contributed by atoms with E-state index in [1.54, 1.807) is 6.26 Å². The lowest BCUT2D eigenvalue weighted by Gasteiger charge is -2.38. The largest absolute Gasteiger partial charge is 0.448 e. The lowest BCUT2D eigenvalue weighted by Crippen LogP contribution is -2.46. The van der Waals surface area contributed by atoms with Gasteiger partial charge in [-0.25, -0.2) is 4.98 Å². The van der Waals surface area contributed by atoms with E-state index in [9.17, 15) is 9.59 Å². The molecule has 3 fully saturated rings. The Kier molecular flexibility index (Phi) is 7.65. The molecule has 7 rings (SSSR count). The molecule has 10 nitrogen and oxygen atoms in total. The molecule has 0 atom stereocenters. The molecule has 0 radical (unpaired) electrons. The third-order valence-corrected chi connectivity index (χ3v) is 8.81. The SMILES string of the molecule is O=C(NCCCN1CCCC1=O)c1ccc(N2CCN(c3cccc4[nH]ccc34)CC2)c(NCc2coc(C3CC3)n2)c1. The number of fused-ring (bicyclic) bond motifs is 1. The summed E-state index contributed by atoms with van der Waals surface area (Å²) in [6, 6.07) is 14.5. The molecule has 0 unspecified atom stereocenters. The number of carbonyl (C=O) groups is 2. The number of hydrogen-bond donors (Lipinski definition) is 3. The molecule has 3 N–H and O–H groups in total. The van der Waals surface area contributed by atoms with Crippen molar-refractivity contribution in [1.29, 1.82) is 0 Å². The van der Waals surface area contributed by atoms with E-state index in [2.05, 4.69) is 60.7 Å². The van der Waals surface area contributed by atoms with Crippen molar-refractivity contribution in [2.24, 2.45) is 0 Å². The molecule has 0 bridgehead atoms. The maximum Gasteiger partial charge on any atom is 0.251 e. The number of nitrogens with zero attached hydrogens (tertiary/aromatic N) is 4. The third kappa shape index (κ3) is 6.04. The van der Waals surface area contributed by atoms with Gasteiger partial charge in [0.15, 0.2) is 5.89 Å². The first-order valence-corrected chi connectivity index (χ1v) is 15.6. The van der Waals surface area contributed by atoms with E-state index in [0.717, 1.165) is 86.9 Å². The number of likely N-dealkylation sites (tertiary alicyclic amines) is 1. The number of piperazine rings is 1. The third-order valence-electron chi connectivity index (χ3n) is 8.81. The lowest BCUT2D eigenvalue weighted by molar-refractivity contribution is -0.127. The van der Waals surface area contributed by atoms with Crippen LogP contribution in [0.3, 0.4) is 0 Å². The van der Waals surface area contributed by atoms with Gasteiger partial charge in [-0.3, -0.25) is 9.59 Å². The molecule has 2 aromatic carbocycles. The average Bonchev–Trinajstić information content (AvgIpc) is 3.38. The second-order valence-corrected chi connectivity index (χ2v) is 11.8. The van der Waals surface area contributed by atoms with Crippen molar-refractivity contribution in [3.63, 3.8) is 0 Å². The van der Waals surface area contributed by atoms with Crippen LogP contribution >= 0.6 is 0 Å². The molecular weight excluding hydrogens is 542 g/mol. The van der Waals surface area contributed by atoms with E-state index in [1.165, 1.54) is 11.1 Å². The molecular formula is C33H39N7O3. The Morgan fingerprint density at radius 2 is 1.86 bits per heavy atom. The van der Waals surface area contributed by atoms with Gasteiger partial charge in [0.25, 0.3) is 5.91 Å². The van der Waals surface area contributed by atoms with E-state index >= 15 is 0 Å². The second kappa shape index (κ2) is 12.0. The highest BCUT2D eigenvalue weighted by molar-refractivity contribution is 5.96. The number of amides is 2. The number of hydrogen-bond acceptors (Lipinski definition) is 7. The molecule has 224 valence electrons. The summed E-state index contributed by atoms with van der Waals surface area (Å²) in [7, 11) is 0. The van der Waals surface area contributed by atoms with Crippen molar-refractivity contribution < 1.29 is 14.0 Å². The molecule has 1 aliphatic carbocycles. The fraction of sp³-hybridized carbons (Fsp3) is 0.424. The zero-order valence-electron chi connectivity index (χ0n) is 24.5. The predicted molar refractivity (Wildman–Crippen MR) is 168 cm³/mol. The Morgan fingerprint density at radius 1 is 1.02 bits per heavy atom. The highest BCUT2D eigenvalue weighted by Crippen LogP contribution is 2.39. The zero-order chi connectivity index (χ0) is 29.2. The highest BCUT2D eigenvalue weighted by atomic mass is 16.3. The van der Waals surface area contributed by atoms with Crippen molar-refractivity contribution in [2.75, 3.05) is 60.9 Å². The number of aromatic nitrogens is 2. The molecule has 2 aromatic heterocycles. The number of aromatic amines is 1. The van der Waals surface area contributed by atoms with Gasteiger partial charge in [-0.05, 0) is 62.1 Å². The van der Waals surface area contributed by atoms with Crippen LogP contribution in [0.2, 0.25) is 0 Å². The average molecular weight is 582 g/mol. The molecule has 2 amide bonds. The number of carbonyl (C=O) groups excluding carboxylic acids is 2. The summed E-state index contributed by atoms with van der Waals surface area (Å²) < 4.78 is 5.70. The van der Waals surface area contributed by atoms with E-state index in [-0.39, 0.29) is 11.8 Å². The van der Waals surface area contributed by atoms with E-state index in [0.29, 0.717) is 37.5 Å². The van der Waals surface area contributed by atoms with Crippen LogP contribution in [0, 0.1) is 0 Å². The summed E-state index contributed by atoms with van der Waals surface area (Å²) in [5.41, 5.74) is 5.88. The monoisotopic (exact) mass is 581 g/mol. The fourth-order valence-corrected chi connectivity index (χ4v) is 6.25. The topological polar surface area (TPSA) is 110 Å². The first-order chi connectivity index (χ1) is 21.1. The van der Waals surface area contributed by atoms with Gasteiger partial charge in [-0.15, -0.1) is 0 Å². The van der Waals surface area contributed by atoms with Crippen LogP contribution in [0.4, 0.5) is 17.1 Å². The van der Waals surface area contributed by atoms with Gasteiger partial charge in [0, 0.05) is 86.5 Å². The Balaban J connectivity index is 1.03. The van der Waals surface area contributed by atoms with Crippen molar-refractivity contribution in [2.45, 2.75) is 44.6 Å². The number of nitrogens with one attached hydrogen (secondary N) is 3. The van der Waals surface area contributed by atoms with Gasteiger partial charge < -0.3 is 34.7 Å². The van der Waals surface area contributed by atoms with Crippen LogP contribution in [0.5, 0.6) is 0 Å². The van der Waals surface area contributed by atoms with Crippen LogP contribution in [0.25, 0.3) is 10.9 Å². The van der Waals surface area contributed by atoms with Crippen LogP contribution < -0.4 is 20.4 Å². The molecule has 2 saturated heterocycles. The number of H-pyrrole nitrogens is 1. The van der Waals surface area contributed by atoms with E-state index in [4.69, 9.17) is 4.42 Å². The number of rotatable bonds is 11. The van der Waals surface area contributed by atoms with Gasteiger partial charge in [0.1, 0.15) is 6.26 Å². The van der Waals surface area contributed by atoms with Gasteiger partial charge in [0.05, 0.1) is 23.6 Å². The van der Waals surface area contributed by atoms with E-state index < -0.39 is 0 Å². The van der Waals surface area contributed by atoms with Crippen molar-refractivity contribution in [1.82, 2.24) is 20.2 Å². The van der Waals surface area contributed by atoms with Crippen LogP contribution in [0.1, 0.15) is 60.0 Å². The quantitative estimate of drug-likeness (QED) is 0.220. The molecule has 1 saturated carbocycles. The number of oxazole rings is 1. The van der Waals surface area contributed by atoms with Crippen molar-refractivity contribution >= 4 is 39.8 Å². The van der Waals surface area contributed by atoms with Gasteiger partial charge in [-0.1, -0.05) is 6.07 Å². The minimum atomic E-state index is -0.107. The molecule has 3 aliphatic rings. The summed E-state index contributed by atoms with van der Waals surface area (Å²) >= 11 is 0. The molecule has 2 aliphatic heterocycles. The van der Waals surface area contributed by atoms with Crippen molar-refractivity contribution in [3.05, 3.63) is 72.1 Å². The fourth-order valence-electron chi connectivity index (χ4n) is 6.25. The summed E-state index contributed by atoms with van der Waals surface area (Å²) in [6.45, 7) is 6.11. The summed E-state index contributed by atoms with van der Waals surface area (Å²) in [5, 5.41) is 7.85. The normalized spacial score (nSPS) is 17.2. The van der Waals surface area contributed by atoms with Crippen LogP contribution in [0.15, 0.2) is 59.3 Å². The van der Waals surface area contributed by atoms with Gasteiger partial charge in [0.2, 0.25) is 5.91 Å². The van der Waals surface area contributed by atoms with Gasteiger partial charge >= 0.3 is 0 Å². The van der Waals surface area contributed by atoms with Crippen LogP contribution in [-0.4, -0.2) is 72.5 Å². The minimum Gasteiger partial charge on any atom is -0.448 e. The Labute approximate surface area is 251 Å². The predicted octanol–water partition coefficient (Wildman–Crippen LogP) is 4.71. The smallest absolute Gasteiger partial charge is 0.251 e. The van der Waals surface area contributed by atoms with Crippen molar-refractivity contribution in [3.8, 4) is 0 Å². The molecule has 4 heterocycles. The maximum absolute atomic E-state index is 13.1. The minimum absolute atomic E-state index is 0.107. The Hall–Kier alpha value is -4.47. The Morgan fingerprint density at radius 3 is 2.65 bits per heavy atom.